The fourth-order valence-corrected chi connectivity index (χ4v) is 7.39. The van der Waals surface area contributed by atoms with Crippen molar-refractivity contribution < 1.29 is 9.22 Å². The first-order chi connectivity index (χ1) is 10.9. The Hall–Kier alpha value is -1.87. The predicted octanol–water partition coefficient (Wildman–Crippen LogP) is 3.70. The molecule has 0 aromatic heterocycles. The molecule has 0 atom stereocenters. The van der Waals surface area contributed by atoms with E-state index in [1.165, 1.54) is 0 Å². The maximum absolute atomic E-state index is 12.4. The molecule has 0 unspecified atom stereocenters. The Bertz CT molecular complexity index is 590. The van der Waals surface area contributed by atoms with Gasteiger partial charge in [0.05, 0.1) is 0 Å². The number of hydrogen-bond donors (Lipinski definition) is 0. The van der Waals surface area contributed by atoms with Gasteiger partial charge in [0.15, 0.2) is 0 Å². The SMILES string of the molecule is [CH2]CCC(=O)O[Si](c1ccccc1)(c1ccccc1)C(C)(C)C. The summed E-state index contributed by atoms with van der Waals surface area (Å²) in [6, 6.07) is 20.4. The Balaban J connectivity index is 2.67. The molecule has 23 heavy (non-hydrogen) atoms. The first-order valence-corrected chi connectivity index (χ1v) is 9.95. The molecule has 121 valence electrons. The lowest BCUT2D eigenvalue weighted by molar-refractivity contribution is -0.135. The molecule has 2 nitrogen and oxygen atoms in total. The second kappa shape index (κ2) is 7.13. The van der Waals surface area contributed by atoms with Crippen LogP contribution in [0.2, 0.25) is 5.04 Å². The Morgan fingerprint density at radius 1 is 0.957 bits per heavy atom. The molecule has 0 aliphatic carbocycles. The van der Waals surface area contributed by atoms with Crippen molar-refractivity contribution in [1.82, 2.24) is 0 Å². The first-order valence-electron chi connectivity index (χ1n) is 8.04. The fraction of sp³-hybridized carbons (Fsp3) is 0.300. The Labute approximate surface area is 140 Å². The van der Waals surface area contributed by atoms with Gasteiger partial charge in [-0.2, -0.15) is 0 Å². The van der Waals surface area contributed by atoms with Crippen LogP contribution in [0.5, 0.6) is 0 Å². The molecule has 0 aliphatic rings. The van der Waals surface area contributed by atoms with Crippen LogP contribution in [0.25, 0.3) is 0 Å². The smallest absolute Gasteiger partial charge is 0.323 e. The van der Waals surface area contributed by atoms with E-state index in [2.05, 4.69) is 52.0 Å². The van der Waals surface area contributed by atoms with Crippen molar-refractivity contribution in [3.8, 4) is 0 Å². The van der Waals surface area contributed by atoms with Gasteiger partial charge in [-0.1, -0.05) is 88.4 Å². The lowest BCUT2D eigenvalue weighted by Gasteiger charge is -2.42. The first kappa shape index (κ1) is 17.5. The number of hydrogen-bond acceptors (Lipinski definition) is 2. The second-order valence-corrected chi connectivity index (χ2v) is 11.0. The number of carbonyl (C=O) groups excluding carboxylic acids is 1. The standard InChI is InChI=1S/C20H25O2Si/c1-5-12-19(21)22-23(20(2,3)4,17-13-8-6-9-14-17)18-15-10-7-11-16-18/h6-11,13-16H,1,5,12H2,2-4H3. The minimum Gasteiger partial charge on any atom is -0.510 e. The third-order valence-corrected chi connectivity index (χ3v) is 9.00. The summed E-state index contributed by atoms with van der Waals surface area (Å²) in [5.74, 6) is -0.158. The zero-order chi connectivity index (χ0) is 16.9. The minimum absolute atomic E-state index is 0.158. The lowest BCUT2D eigenvalue weighted by atomic mass is 10.2. The summed E-state index contributed by atoms with van der Waals surface area (Å²) < 4.78 is 6.28. The van der Waals surface area contributed by atoms with E-state index in [1.54, 1.807) is 0 Å². The predicted molar refractivity (Wildman–Crippen MR) is 98.3 cm³/mol. The monoisotopic (exact) mass is 325 g/mol. The Kier molecular flexibility index (Phi) is 5.42. The molecule has 0 heterocycles. The molecule has 0 aliphatic heterocycles. The minimum atomic E-state index is -2.73. The van der Waals surface area contributed by atoms with E-state index in [-0.39, 0.29) is 11.0 Å². The van der Waals surface area contributed by atoms with E-state index in [4.69, 9.17) is 4.43 Å². The molecule has 1 radical (unpaired) electrons. The normalized spacial score (nSPS) is 12.0. The van der Waals surface area contributed by atoms with Gasteiger partial charge >= 0.3 is 8.32 Å². The van der Waals surface area contributed by atoms with Gasteiger partial charge < -0.3 is 4.43 Å². The summed E-state index contributed by atoms with van der Waals surface area (Å²) in [5.41, 5.74) is 0. The summed E-state index contributed by atoms with van der Waals surface area (Å²) in [4.78, 5) is 12.4. The quantitative estimate of drug-likeness (QED) is 0.784. The van der Waals surface area contributed by atoms with Gasteiger partial charge in [-0.25, -0.2) is 0 Å². The summed E-state index contributed by atoms with van der Waals surface area (Å²) in [7, 11) is -2.73. The van der Waals surface area contributed by atoms with Crippen molar-refractivity contribution >= 4 is 24.7 Å². The molecule has 0 amide bonds. The van der Waals surface area contributed by atoms with Crippen LogP contribution in [0, 0.1) is 6.92 Å². The van der Waals surface area contributed by atoms with E-state index in [0.717, 1.165) is 10.4 Å². The Morgan fingerprint density at radius 2 is 1.39 bits per heavy atom. The highest BCUT2D eigenvalue weighted by Gasteiger charge is 2.52. The van der Waals surface area contributed by atoms with Gasteiger partial charge in [0.1, 0.15) is 0 Å². The van der Waals surface area contributed by atoms with Crippen LogP contribution >= 0.6 is 0 Å². The van der Waals surface area contributed by atoms with Crippen LogP contribution in [0.4, 0.5) is 0 Å². The average Bonchev–Trinajstić information content (AvgIpc) is 2.53. The molecule has 0 saturated heterocycles. The third kappa shape index (κ3) is 3.56. The van der Waals surface area contributed by atoms with Gasteiger partial charge in [0, 0.05) is 6.42 Å². The van der Waals surface area contributed by atoms with E-state index < -0.39 is 8.32 Å². The van der Waals surface area contributed by atoms with E-state index in [0.29, 0.717) is 12.8 Å². The Morgan fingerprint density at radius 3 is 1.74 bits per heavy atom. The maximum Gasteiger partial charge on any atom is 0.323 e. The van der Waals surface area contributed by atoms with Gasteiger partial charge in [0.25, 0.3) is 5.97 Å². The van der Waals surface area contributed by atoms with Crippen molar-refractivity contribution in [2.75, 3.05) is 0 Å². The lowest BCUT2D eigenvalue weighted by Crippen LogP contribution is -2.67. The molecule has 0 saturated carbocycles. The maximum atomic E-state index is 12.4. The highest BCUT2D eigenvalue weighted by atomic mass is 28.4. The van der Waals surface area contributed by atoms with E-state index in [1.807, 2.05) is 36.4 Å². The van der Waals surface area contributed by atoms with E-state index in [9.17, 15) is 4.79 Å². The molecule has 0 spiro atoms. The van der Waals surface area contributed by atoms with Crippen LogP contribution in [0.3, 0.4) is 0 Å². The van der Waals surface area contributed by atoms with Crippen LogP contribution < -0.4 is 10.4 Å². The summed E-state index contributed by atoms with van der Waals surface area (Å²) in [6.45, 7) is 10.3. The number of benzene rings is 2. The molecular formula is C20H25O2Si. The molecule has 2 aromatic rings. The van der Waals surface area contributed by atoms with Crippen LogP contribution in [0.15, 0.2) is 60.7 Å². The van der Waals surface area contributed by atoms with Crippen molar-refractivity contribution in [3.63, 3.8) is 0 Å². The largest absolute Gasteiger partial charge is 0.510 e. The second-order valence-electron chi connectivity index (χ2n) is 6.74. The van der Waals surface area contributed by atoms with Gasteiger partial charge in [-0.05, 0) is 21.8 Å². The zero-order valence-electron chi connectivity index (χ0n) is 14.2. The van der Waals surface area contributed by atoms with Crippen molar-refractivity contribution in [2.45, 2.75) is 38.7 Å². The summed E-state index contributed by atoms with van der Waals surface area (Å²) >= 11 is 0. The zero-order valence-corrected chi connectivity index (χ0v) is 15.2. The molecule has 2 rings (SSSR count). The molecule has 0 N–H and O–H groups in total. The van der Waals surface area contributed by atoms with Gasteiger partial charge in [-0.3, -0.25) is 4.79 Å². The molecule has 0 bridgehead atoms. The van der Waals surface area contributed by atoms with Gasteiger partial charge in [-0.15, -0.1) is 0 Å². The summed E-state index contributed by atoms with van der Waals surface area (Å²) in [6.07, 6.45) is 0.904. The van der Waals surface area contributed by atoms with Crippen molar-refractivity contribution in [1.29, 1.82) is 0 Å². The van der Waals surface area contributed by atoms with Crippen LogP contribution in [-0.4, -0.2) is 14.3 Å². The topological polar surface area (TPSA) is 26.3 Å². The van der Waals surface area contributed by atoms with Crippen molar-refractivity contribution in [3.05, 3.63) is 67.6 Å². The molecule has 0 fully saturated rings. The number of carbonyl (C=O) groups is 1. The summed E-state index contributed by atoms with van der Waals surface area (Å²) in [5, 5.41) is 2.07. The van der Waals surface area contributed by atoms with Gasteiger partial charge in [0.2, 0.25) is 0 Å². The molecular weight excluding hydrogens is 300 g/mol. The number of rotatable bonds is 5. The highest BCUT2D eigenvalue weighted by molar-refractivity contribution is 7.00. The molecule has 2 aromatic carbocycles. The molecule has 3 heteroatoms. The average molecular weight is 326 g/mol. The van der Waals surface area contributed by atoms with Crippen LogP contribution in [0.1, 0.15) is 33.6 Å². The van der Waals surface area contributed by atoms with E-state index >= 15 is 0 Å². The van der Waals surface area contributed by atoms with Crippen molar-refractivity contribution in [2.24, 2.45) is 0 Å². The third-order valence-electron chi connectivity index (χ3n) is 4.06. The fourth-order valence-electron chi connectivity index (χ4n) is 3.02. The highest BCUT2D eigenvalue weighted by Crippen LogP contribution is 2.37. The van der Waals surface area contributed by atoms with Crippen LogP contribution in [-0.2, 0) is 9.22 Å².